The first-order valence-electron chi connectivity index (χ1n) is 7.41. The van der Waals surface area contributed by atoms with Crippen molar-refractivity contribution in [1.29, 1.82) is 0 Å². The fourth-order valence-corrected chi connectivity index (χ4v) is 2.37. The summed E-state index contributed by atoms with van der Waals surface area (Å²) in [7, 11) is 4.40. The molecule has 7 nitrogen and oxygen atoms in total. The van der Waals surface area contributed by atoms with Crippen LogP contribution in [0.4, 0.5) is 0 Å². The molecule has 0 aromatic heterocycles. The van der Waals surface area contributed by atoms with Crippen molar-refractivity contribution in [3.05, 3.63) is 53.1 Å². The number of benzene rings is 2. The number of para-hydroxylation sites is 1. The molecule has 0 fully saturated rings. The maximum absolute atomic E-state index is 12.4. The summed E-state index contributed by atoms with van der Waals surface area (Å²) in [6, 6.07) is 9.68. The molecule has 7 heteroatoms. The first-order chi connectivity index (χ1) is 12.0. The van der Waals surface area contributed by atoms with Gasteiger partial charge in [-0.05, 0) is 29.8 Å². The van der Waals surface area contributed by atoms with E-state index in [1.165, 1.54) is 32.4 Å². The Morgan fingerprint density at radius 2 is 1.64 bits per heavy atom. The minimum absolute atomic E-state index is 0.0276. The van der Waals surface area contributed by atoms with Crippen LogP contribution in [0.25, 0.3) is 0 Å². The molecule has 0 saturated carbocycles. The number of nitrogens with one attached hydrogen (secondary N) is 1. The third-order valence-electron chi connectivity index (χ3n) is 3.60. The molecule has 0 unspecified atom stereocenters. The quantitative estimate of drug-likeness (QED) is 0.800. The first kappa shape index (κ1) is 18.1. The summed E-state index contributed by atoms with van der Waals surface area (Å²) in [6.07, 6.45) is 0. The molecule has 0 atom stereocenters. The molecule has 1 amide bonds. The number of ether oxygens (including phenoxy) is 3. The summed E-state index contributed by atoms with van der Waals surface area (Å²) in [5, 5.41) is 11.9. The van der Waals surface area contributed by atoms with Crippen LogP contribution in [0.15, 0.2) is 36.4 Å². The Morgan fingerprint density at radius 1 is 0.960 bits per heavy atom. The largest absolute Gasteiger partial charge is 0.495 e. The van der Waals surface area contributed by atoms with Crippen LogP contribution >= 0.6 is 0 Å². The van der Waals surface area contributed by atoms with Crippen molar-refractivity contribution in [2.45, 2.75) is 6.54 Å². The number of carboxylic acids is 1. The van der Waals surface area contributed by atoms with Gasteiger partial charge in [-0.1, -0.05) is 12.1 Å². The van der Waals surface area contributed by atoms with Crippen molar-refractivity contribution < 1.29 is 28.9 Å². The third-order valence-corrected chi connectivity index (χ3v) is 3.60. The van der Waals surface area contributed by atoms with Crippen LogP contribution in [-0.4, -0.2) is 38.3 Å². The molecule has 0 radical (unpaired) electrons. The zero-order chi connectivity index (χ0) is 18.4. The Hall–Kier alpha value is -3.22. The highest BCUT2D eigenvalue weighted by Crippen LogP contribution is 2.28. The molecule has 25 heavy (non-hydrogen) atoms. The highest BCUT2D eigenvalue weighted by atomic mass is 16.5. The predicted octanol–water partition coefficient (Wildman–Crippen LogP) is 2.34. The molecule has 0 heterocycles. The molecule has 0 aliphatic rings. The minimum atomic E-state index is -1.16. The summed E-state index contributed by atoms with van der Waals surface area (Å²) >= 11 is 0. The highest BCUT2D eigenvalue weighted by molar-refractivity contribution is 6.01. The Morgan fingerprint density at radius 3 is 2.24 bits per heavy atom. The van der Waals surface area contributed by atoms with Gasteiger partial charge in [0, 0.05) is 6.54 Å². The van der Waals surface area contributed by atoms with Gasteiger partial charge in [-0.3, -0.25) is 4.79 Å². The summed E-state index contributed by atoms with van der Waals surface area (Å²) in [4.78, 5) is 23.6. The van der Waals surface area contributed by atoms with Gasteiger partial charge in [0.15, 0.2) is 11.5 Å². The van der Waals surface area contributed by atoms with Crippen molar-refractivity contribution in [3.63, 3.8) is 0 Å². The van der Waals surface area contributed by atoms with Crippen molar-refractivity contribution in [2.75, 3.05) is 21.3 Å². The molecule has 2 N–H and O–H groups in total. The van der Waals surface area contributed by atoms with Gasteiger partial charge in [-0.2, -0.15) is 0 Å². The van der Waals surface area contributed by atoms with E-state index >= 15 is 0 Å². The smallest absolute Gasteiger partial charge is 0.339 e. The Kier molecular flexibility index (Phi) is 5.84. The van der Waals surface area contributed by atoms with Gasteiger partial charge in [0.2, 0.25) is 0 Å². The van der Waals surface area contributed by atoms with Gasteiger partial charge in [-0.25, -0.2) is 4.79 Å². The monoisotopic (exact) mass is 345 g/mol. The summed E-state index contributed by atoms with van der Waals surface area (Å²) in [5.74, 6) is -0.422. The van der Waals surface area contributed by atoms with Crippen LogP contribution in [-0.2, 0) is 6.54 Å². The number of carbonyl (C=O) groups is 2. The SMILES string of the molecule is COc1ccc(CNC(=O)c2cccc(C(=O)O)c2OC)cc1OC. The lowest BCUT2D eigenvalue weighted by atomic mass is 10.1. The van der Waals surface area contributed by atoms with Crippen molar-refractivity contribution >= 4 is 11.9 Å². The van der Waals surface area contributed by atoms with Crippen LogP contribution in [0.2, 0.25) is 0 Å². The molecular weight excluding hydrogens is 326 g/mol. The maximum atomic E-state index is 12.4. The number of carboxylic acid groups (broad SMARTS) is 1. The number of aromatic carboxylic acids is 1. The maximum Gasteiger partial charge on any atom is 0.339 e. The van der Waals surface area contributed by atoms with E-state index in [4.69, 9.17) is 14.2 Å². The number of hydrogen-bond donors (Lipinski definition) is 2. The molecule has 0 aliphatic heterocycles. The lowest BCUT2D eigenvalue weighted by molar-refractivity contribution is 0.0693. The predicted molar refractivity (Wildman–Crippen MR) is 90.7 cm³/mol. The van der Waals surface area contributed by atoms with Gasteiger partial charge >= 0.3 is 5.97 Å². The molecule has 2 aromatic rings. The van der Waals surface area contributed by atoms with E-state index in [1.54, 1.807) is 25.3 Å². The second kappa shape index (κ2) is 8.05. The second-order valence-corrected chi connectivity index (χ2v) is 5.06. The molecule has 2 rings (SSSR count). The van der Waals surface area contributed by atoms with Crippen LogP contribution in [0.1, 0.15) is 26.3 Å². The van der Waals surface area contributed by atoms with Crippen LogP contribution in [0.3, 0.4) is 0 Å². The average Bonchev–Trinajstić information content (AvgIpc) is 2.64. The zero-order valence-corrected chi connectivity index (χ0v) is 14.2. The van der Waals surface area contributed by atoms with E-state index in [0.29, 0.717) is 11.5 Å². The van der Waals surface area contributed by atoms with Crippen molar-refractivity contribution in [2.24, 2.45) is 0 Å². The Balaban J connectivity index is 2.18. The van der Waals surface area contributed by atoms with Crippen molar-refractivity contribution in [3.8, 4) is 17.2 Å². The zero-order valence-electron chi connectivity index (χ0n) is 14.2. The molecular formula is C18H19NO6. The van der Waals surface area contributed by atoms with Crippen LogP contribution < -0.4 is 19.5 Å². The Bertz CT molecular complexity index is 787. The van der Waals surface area contributed by atoms with E-state index in [2.05, 4.69) is 5.32 Å². The Labute approximate surface area is 145 Å². The number of methoxy groups -OCH3 is 3. The lowest BCUT2D eigenvalue weighted by Crippen LogP contribution is -2.24. The van der Waals surface area contributed by atoms with E-state index < -0.39 is 11.9 Å². The fourth-order valence-electron chi connectivity index (χ4n) is 2.37. The number of rotatable bonds is 7. The van der Waals surface area contributed by atoms with Gasteiger partial charge in [0.05, 0.1) is 26.9 Å². The number of carbonyl (C=O) groups excluding carboxylic acids is 1. The molecule has 0 saturated heterocycles. The standard InChI is InChI=1S/C18H19NO6/c1-23-14-8-7-11(9-15(14)24-2)10-19-17(20)12-5-4-6-13(18(21)22)16(12)25-3/h4-9H,10H2,1-3H3,(H,19,20)(H,21,22). The number of hydrogen-bond acceptors (Lipinski definition) is 5. The van der Waals surface area contributed by atoms with E-state index in [0.717, 1.165) is 5.56 Å². The third kappa shape index (κ3) is 4.00. The molecule has 0 bridgehead atoms. The molecule has 0 aliphatic carbocycles. The van der Waals surface area contributed by atoms with Gasteiger partial charge in [-0.15, -0.1) is 0 Å². The average molecular weight is 345 g/mol. The molecule has 132 valence electrons. The number of amides is 1. The van der Waals surface area contributed by atoms with Gasteiger partial charge in [0.25, 0.3) is 5.91 Å². The van der Waals surface area contributed by atoms with Crippen molar-refractivity contribution in [1.82, 2.24) is 5.32 Å². The van der Waals surface area contributed by atoms with E-state index in [1.807, 2.05) is 0 Å². The summed E-state index contributed by atoms with van der Waals surface area (Å²) < 4.78 is 15.5. The van der Waals surface area contributed by atoms with Gasteiger partial charge in [0.1, 0.15) is 11.3 Å². The fraction of sp³-hybridized carbons (Fsp3) is 0.222. The minimum Gasteiger partial charge on any atom is -0.495 e. The van der Waals surface area contributed by atoms with Crippen LogP contribution in [0, 0.1) is 0 Å². The van der Waals surface area contributed by atoms with Gasteiger partial charge < -0.3 is 24.6 Å². The first-order valence-corrected chi connectivity index (χ1v) is 7.41. The summed E-state index contributed by atoms with van der Waals surface area (Å²) in [5.41, 5.74) is 0.892. The van der Waals surface area contributed by atoms with E-state index in [-0.39, 0.29) is 23.4 Å². The van der Waals surface area contributed by atoms with Crippen LogP contribution in [0.5, 0.6) is 17.2 Å². The highest BCUT2D eigenvalue weighted by Gasteiger charge is 2.19. The molecule has 0 spiro atoms. The molecule has 2 aromatic carbocycles. The normalized spacial score (nSPS) is 10.0. The second-order valence-electron chi connectivity index (χ2n) is 5.06. The van der Waals surface area contributed by atoms with E-state index in [9.17, 15) is 14.7 Å². The summed E-state index contributed by atoms with van der Waals surface area (Å²) in [6.45, 7) is 0.236. The topological polar surface area (TPSA) is 94.1 Å². The lowest BCUT2D eigenvalue weighted by Gasteiger charge is -2.13.